The lowest BCUT2D eigenvalue weighted by molar-refractivity contribution is -0.0704. The molecule has 168 valence electrons. The van der Waals surface area contributed by atoms with E-state index >= 15 is 0 Å². The van der Waals surface area contributed by atoms with Crippen LogP contribution in [0, 0.1) is 0 Å². The normalized spacial score (nSPS) is 25.2. The molecule has 2 aliphatic rings. The van der Waals surface area contributed by atoms with Crippen LogP contribution in [0.1, 0.15) is 42.9 Å². The summed E-state index contributed by atoms with van der Waals surface area (Å²) in [7, 11) is 3.84. The number of aryl methyl sites for hydroxylation is 1. The second-order valence-electron chi connectivity index (χ2n) is 9.05. The third-order valence-electron chi connectivity index (χ3n) is 6.27. The summed E-state index contributed by atoms with van der Waals surface area (Å²) in [4.78, 5) is 9.36. The van der Waals surface area contributed by atoms with Gasteiger partial charge in [0.05, 0.1) is 18.4 Å². The van der Waals surface area contributed by atoms with Crippen LogP contribution in [0.3, 0.4) is 0 Å². The molecule has 0 spiro atoms. The van der Waals surface area contributed by atoms with E-state index in [1.54, 1.807) is 0 Å². The van der Waals surface area contributed by atoms with Crippen LogP contribution < -0.4 is 5.32 Å². The molecule has 7 heteroatoms. The zero-order valence-corrected chi connectivity index (χ0v) is 19.3. The number of hydrogen-bond donors (Lipinski definition) is 1. The molecule has 0 saturated carbocycles. The molecule has 1 aromatic carbocycles. The molecule has 2 aliphatic heterocycles. The third-order valence-corrected chi connectivity index (χ3v) is 6.27. The maximum absolute atomic E-state index is 5.84. The summed E-state index contributed by atoms with van der Waals surface area (Å²) >= 11 is 0. The summed E-state index contributed by atoms with van der Waals surface area (Å²) in [6.07, 6.45) is 5.87. The number of hydrogen-bond acceptors (Lipinski definition) is 4. The van der Waals surface area contributed by atoms with E-state index in [2.05, 4.69) is 69.5 Å². The lowest BCUT2D eigenvalue weighted by atomic mass is 10.0. The second-order valence-corrected chi connectivity index (χ2v) is 9.05. The molecule has 3 atom stereocenters. The Hall–Kier alpha value is -2.38. The van der Waals surface area contributed by atoms with Crippen LogP contribution in [-0.2, 0) is 24.9 Å². The minimum Gasteiger partial charge on any atom is -0.373 e. The lowest BCUT2D eigenvalue weighted by Gasteiger charge is -2.35. The van der Waals surface area contributed by atoms with Gasteiger partial charge in [0.2, 0.25) is 0 Å². The molecule has 4 rings (SSSR count). The van der Waals surface area contributed by atoms with E-state index in [-0.39, 0.29) is 0 Å². The van der Waals surface area contributed by atoms with Crippen LogP contribution in [0.2, 0.25) is 0 Å². The number of benzene rings is 1. The van der Waals surface area contributed by atoms with Gasteiger partial charge in [-0.2, -0.15) is 5.10 Å². The molecule has 0 radical (unpaired) electrons. The first kappa shape index (κ1) is 21.8. The first-order valence-electron chi connectivity index (χ1n) is 11.4. The van der Waals surface area contributed by atoms with Crippen molar-refractivity contribution in [1.29, 1.82) is 0 Å². The van der Waals surface area contributed by atoms with E-state index in [0.29, 0.717) is 18.1 Å². The average molecular weight is 425 g/mol. The average Bonchev–Trinajstić information content (AvgIpc) is 3.38. The number of nitrogens with one attached hydrogen (secondary N) is 1. The van der Waals surface area contributed by atoms with Gasteiger partial charge in [0.15, 0.2) is 5.96 Å². The Morgan fingerprint density at radius 2 is 1.84 bits per heavy atom. The van der Waals surface area contributed by atoms with Crippen molar-refractivity contribution in [3.8, 4) is 0 Å². The van der Waals surface area contributed by atoms with E-state index < -0.39 is 0 Å². The Labute approximate surface area is 186 Å². The number of guanidine groups is 1. The van der Waals surface area contributed by atoms with Gasteiger partial charge in [-0.25, -0.2) is 0 Å². The maximum Gasteiger partial charge on any atom is 0.193 e. The number of likely N-dealkylation sites (tertiary alicyclic amines) is 1. The number of rotatable bonds is 5. The number of morpholine rings is 1. The Bertz CT molecular complexity index is 866. The Kier molecular flexibility index (Phi) is 6.92. The number of ether oxygens (including phenoxy) is 1. The van der Waals surface area contributed by atoms with Crippen LogP contribution in [0.25, 0.3) is 0 Å². The van der Waals surface area contributed by atoms with Crippen LogP contribution >= 0.6 is 0 Å². The van der Waals surface area contributed by atoms with E-state index in [0.717, 1.165) is 51.6 Å². The van der Waals surface area contributed by atoms with E-state index in [1.165, 1.54) is 16.7 Å². The van der Waals surface area contributed by atoms with Crippen LogP contribution in [0.4, 0.5) is 0 Å². The van der Waals surface area contributed by atoms with Crippen molar-refractivity contribution in [3.63, 3.8) is 0 Å². The minimum atomic E-state index is 0.308. The van der Waals surface area contributed by atoms with Crippen molar-refractivity contribution >= 4 is 5.96 Å². The number of aromatic nitrogens is 2. The van der Waals surface area contributed by atoms with Crippen molar-refractivity contribution in [2.24, 2.45) is 12.0 Å². The summed E-state index contributed by atoms with van der Waals surface area (Å²) in [5, 5.41) is 7.87. The Morgan fingerprint density at radius 3 is 2.48 bits per heavy atom. The smallest absolute Gasteiger partial charge is 0.193 e. The van der Waals surface area contributed by atoms with Crippen molar-refractivity contribution in [2.75, 3.05) is 33.2 Å². The summed E-state index contributed by atoms with van der Waals surface area (Å²) in [6.45, 7) is 10.1. The van der Waals surface area contributed by atoms with Gasteiger partial charge < -0.3 is 15.0 Å². The monoisotopic (exact) mass is 424 g/mol. The van der Waals surface area contributed by atoms with Gasteiger partial charge in [0.25, 0.3) is 0 Å². The number of nitrogens with zero attached hydrogens (tertiary/aromatic N) is 5. The fourth-order valence-electron chi connectivity index (χ4n) is 4.82. The molecule has 2 aromatic rings. The van der Waals surface area contributed by atoms with Gasteiger partial charge in [-0.1, -0.05) is 24.3 Å². The zero-order valence-electron chi connectivity index (χ0n) is 19.3. The van der Waals surface area contributed by atoms with Gasteiger partial charge >= 0.3 is 0 Å². The summed E-state index contributed by atoms with van der Waals surface area (Å²) < 4.78 is 7.73. The van der Waals surface area contributed by atoms with Gasteiger partial charge in [-0.05, 0) is 37.0 Å². The van der Waals surface area contributed by atoms with Crippen LogP contribution in [-0.4, -0.2) is 71.0 Å². The first-order chi connectivity index (χ1) is 15.0. The summed E-state index contributed by atoms with van der Waals surface area (Å²) in [5.74, 6) is 1.50. The minimum absolute atomic E-state index is 0.308. The van der Waals surface area contributed by atoms with E-state index in [4.69, 9.17) is 4.74 Å². The topological polar surface area (TPSA) is 57.9 Å². The molecule has 0 amide bonds. The molecule has 0 aliphatic carbocycles. The highest BCUT2D eigenvalue weighted by molar-refractivity contribution is 5.80. The van der Waals surface area contributed by atoms with Gasteiger partial charge in [0, 0.05) is 65.5 Å². The summed E-state index contributed by atoms with van der Waals surface area (Å²) in [6, 6.07) is 8.95. The van der Waals surface area contributed by atoms with Crippen molar-refractivity contribution in [3.05, 3.63) is 53.3 Å². The third kappa shape index (κ3) is 5.66. The van der Waals surface area contributed by atoms with Crippen molar-refractivity contribution < 1.29 is 4.74 Å². The predicted molar refractivity (Wildman–Crippen MR) is 124 cm³/mol. The molecule has 2 fully saturated rings. The van der Waals surface area contributed by atoms with Crippen LogP contribution in [0.5, 0.6) is 0 Å². The second kappa shape index (κ2) is 9.83. The maximum atomic E-state index is 5.84. The van der Waals surface area contributed by atoms with Crippen molar-refractivity contribution in [2.45, 2.75) is 51.5 Å². The largest absolute Gasteiger partial charge is 0.373 e. The van der Waals surface area contributed by atoms with Gasteiger partial charge in [-0.15, -0.1) is 0 Å². The van der Waals surface area contributed by atoms with E-state index in [1.807, 2.05) is 25.0 Å². The SMILES string of the molecule is CN=C(NCc1ccc(CN2CC(C)OC(C)C2)cc1)N1CCC(c2cnn(C)c2)C1. The molecule has 3 unspecified atom stereocenters. The molecule has 0 bridgehead atoms. The summed E-state index contributed by atoms with van der Waals surface area (Å²) in [5.41, 5.74) is 3.95. The molecular formula is C24H36N6O. The predicted octanol–water partition coefficient (Wildman–Crippen LogP) is 2.59. The zero-order chi connectivity index (χ0) is 21.8. The highest BCUT2D eigenvalue weighted by Crippen LogP contribution is 2.26. The molecular weight excluding hydrogens is 388 g/mol. The molecule has 31 heavy (non-hydrogen) atoms. The highest BCUT2D eigenvalue weighted by atomic mass is 16.5. The quantitative estimate of drug-likeness (QED) is 0.591. The van der Waals surface area contributed by atoms with Crippen molar-refractivity contribution in [1.82, 2.24) is 24.9 Å². The van der Waals surface area contributed by atoms with E-state index in [9.17, 15) is 0 Å². The van der Waals surface area contributed by atoms with Gasteiger partial charge in [0.1, 0.15) is 0 Å². The fraction of sp³-hybridized carbons (Fsp3) is 0.583. The Balaban J connectivity index is 1.27. The molecule has 1 N–H and O–H groups in total. The lowest BCUT2D eigenvalue weighted by Crippen LogP contribution is -2.44. The molecule has 3 heterocycles. The molecule has 2 saturated heterocycles. The standard InChI is InChI=1S/C24H36N6O/c1-18-13-29(14-19(2)31-18)15-21-7-5-20(6-8-21)11-26-24(25-3)30-10-9-22(17-30)23-12-27-28(4)16-23/h5-8,12,16,18-19,22H,9-11,13-15,17H2,1-4H3,(H,25,26). The molecule has 1 aromatic heterocycles. The van der Waals surface area contributed by atoms with Gasteiger partial charge in [-0.3, -0.25) is 14.6 Å². The highest BCUT2D eigenvalue weighted by Gasteiger charge is 2.27. The fourth-order valence-corrected chi connectivity index (χ4v) is 4.82. The Morgan fingerprint density at radius 1 is 1.13 bits per heavy atom. The molecule has 7 nitrogen and oxygen atoms in total. The number of aliphatic imine (C=N–C) groups is 1. The first-order valence-corrected chi connectivity index (χ1v) is 11.4. The van der Waals surface area contributed by atoms with Crippen LogP contribution in [0.15, 0.2) is 41.7 Å².